The molecule has 0 spiro atoms. The van der Waals surface area contributed by atoms with Crippen LogP contribution in [0, 0.1) is 16.7 Å². The Balaban J connectivity index is 3.13. The Morgan fingerprint density at radius 2 is 1.86 bits per heavy atom. The Morgan fingerprint density at radius 1 is 1.19 bits per heavy atom. The third-order valence-electron chi connectivity index (χ3n) is 6.07. The molecule has 1 nitrogen and oxygen atoms in total. The van der Waals surface area contributed by atoms with Gasteiger partial charge in [0.25, 0.3) is 0 Å². The summed E-state index contributed by atoms with van der Waals surface area (Å²) in [5, 5.41) is 0. The summed E-state index contributed by atoms with van der Waals surface area (Å²) in [7, 11) is 0. The molecule has 2 atom stereocenters. The lowest BCUT2D eigenvalue weighted by Crippen LogP contribution is -2.35. The number of nitrogens with zero attached hydrogens (tertiary/aromatic N) is 1. The first-order valence-corrected chi connectivity index (χ1v) is 8.72. The number of hydrogen-bond donors (Lipinski definition) is 0. The Bertz CT molecular complexity index is 425. The molecule has 0 N–H and O–H groups in total. The van der Waals surface area contributed by atoms with Crippen molar-refractivity contribution < 1.29 is 0 Å². The summed E-state index contributed by atoms with van der Waals surface area (Å²) >= 11 is 0. The summed E-state index contributed by atoms with van der Waals surface area (Å²) in [5.74, 6) is 0.715. The molecular weight excluding hydrogens is 254 g/mol. The van der Waals surface area contributed by atoms with Crippen LogP contribution in [0.15, 0.2) is 28.3 Å². The van der Waals surface area contributed by atoms with Crippen molar-refractivity contribution in [2.75, 3.05) is 6.54 Å². The maximum absolute atomic E-state index is 4.40. The molecule has 1 rings (SSSR count). The van der Waals surface area contributed by atoms with Crippen molar-refractivity contribution in [1.82, 2.24) is 0 Å². The molecule has 0 aromatic rings. The average molecular weight is 290 g/mol. The number of aliphatic imine (C=N–C) groups is 1. The third kappa shape index (κ3) is 3.67. The van der Waals surface area contributed by atoms with Gasteiger partial charge in [-0.15, -0.1) is 0 Å². The molecule has 120 valence electrons. The van der Waals surface area contributed by atoms with E-state index in [9.17, 15) is 0 Å². The van der Waals surface area contributed by atoms with E-state index in [1.807, 2.05) is 6.21 Å². The van der Waals surface area contributed by atoms with Gasteiger partial charge in [-0.1, -0.05) is 52.3 Å². The summed E-state index contributed by atoms with van der Waals surface area (Å²) in [6.45, 7) is 17.1. The topological polar surface area (TPSA) is 12.4 Å². The molecule has 0 bridgehead atoms. The lowest BCUT2D eigenvalue weighted by atomic mass is 9.62. The minimum absolute atomic E-state index is 0.412. The fourth-order valence-electron chi connectivity index (χ4n) is 3.96. The maximum atomic E-state index is 4.40. The van der Waals surface area contributed by atoms with Gasteiger partial charge in [0, 0.05) is 12.8 Å². The van der Waals surface area contributed by atoms with Gasteiger partial charge in [0.15, 0.2) is 0 Å². The summed E-state index contributed by atoms with van der Waals surface area (Å²) < 4.78 is 0. The zero-order valence-electron chi connectivity index (χ0n) is 15.3. The zero-order chi connectivity index (χ0) is 16.1. The Hall–Kier alpha value is -0.850. The van der Waals surface area contributed by atoms with E-state index in [0.29, 0.717) is 16.7 Å². The fraction of sp³-hybridized carbons (Fsp3) is 0.750. The lowest BCUT2D eigenvalue weighted by molar-refractivity contribution is 0.0920. The van der Waals surface area contributed by atoms with Crippen molar-refractivity contribution in [3.8, 4) is 0 Å². The number of allylic oxidation sites excluding steroid dienone is 4. The van der Waals surface area contributed by atoms with Crippen LogP contribution in [-0.2, 0) is 0 Å². The normalized spacial score (nSPS) is 30.3. The van der Waals surface area contributed by atoms with Crippen LogP contribution in [-0.4, -0.2) is 12.8 Å². The van der Waals surface area contributed by atoms with Crippen LogP contribution >= 0.6 is 0 Å². The van der Waals surface area contributed by atoms with E-state index >= 15 is 0 Å². The third-order valence-corrected chi connectivity index (χ3v) is 6.07. The quantitative estimate of drug-likeness (QED) is 0.407. The summed E-state index contributed by atoms with van der Waals surface area (Å²) in [5.41, 5.74) is 3.72. The first-order valence-electron chi connectivity index (χ1n) is 8.72. The summed E-state index contributed by atoms with van der Waals surface area (Å²) in [4.78, 5) is 4.40. The van der Waals surface area contributed by atoms with Gasteiger partial charge in [0.2, 0.25) is 0 Å². The van der Waals surface area contributed by atoms with Crippen molar-refractivity contribution in [3.63, 3.8) is 0 Å². The molecule has 1 aliphatic rings. The van der Waals surface area contributed by atoms with Crippen LogP contribution in [0.4, 0.5) is 0 Å². The molecule has 0 radical (unpaired) electrons. The van der Waals surface area contributed by atoms with Crippen LogP contribution in [0.5, 0.6) is 0 Å². The smallest absolute Gasteiger partial charge is 0.0361 e. The van der Waals surface area contributed by atoms with Crippen molar-refractivity contribution in [2.24, 2.45) is 21.7 Å². The highest BCUT2D eigenvalue weighted by molar-refractivity contribution is 5.82. The minimum Gasteiger partial charge on any atom is -0.293 e. The van der Waals surface area contributed by atoms with Gasteiger partial charge in [-0.3, -0.25) is 4.99 Å². The van der Waals surface area contributed by atoms with Gasteiger partial charge >= 0.3 is 0 Å². The highest BCUT2D eigenvalue weighted by atomic mass is 14.7. The van der Waals surface area contributed by atoms with Crippen LogP contribution in [0.1, 0.15) is 74.1 Å². The molecular formula is C20H35N. The molecule has 0 amide bonds. The second kappa shape index (κ2) is 7.42. The average Bonchev–Trinajstić information content (AvgIpc) is 2.71. The van der Waals surface area contributed by atoms with Gasteiger partial charge < -0.3 is 0 Å². The molecule has 0 aromatic carbocycles. The predicted molar refractivity (Wildman–Crippen MR) is 96.1 cm³/mol. The molecule has 21 heavy (non-hydrogen) atoms. The van der Waals surface area contributed by atoms with E-state index < -0.39 is 0 Å². The fourth-order valence-corrected chi connectivity index (χ4v) is 3.96. The molecule has 0 heterocycles. The van der Waals surface area contributed by atoms with E-state index in [-0.39, 0.29) is 0 Å². The lowest BCUT2D eigenvalue weighted by Gasteiger charge is -2.43. The molecule has 2 unspecified atom stereocenters. The van der Waals surface area contributed by atoms with E-state index in [2.05, 4.69) is 65.6 Å². The standard InChI is InChI=1S/C20H35N/c1-8-16(15-21-11-4)14-17(9-2)18-12-13-19(5,6)20(18,7)10-3/h8,14-15,18H,9-13H2,1-7H3. The van der Waals surface area contributed by atoms with Gasteiger partial charge in [-0.25, -0.2) is 0 Å². The largest absolute Gasteiger partial charge is 0.293 e. The van der Waals surface area contributed by atoms with Gasteiger partial charge in [0.05, 0.1) is 0 Å². The second-order valence-electron chi connectivity index (χ2n) is 7.24. The molecule has 1 fully saturated rings. The monoisotopic (exact) mass is 289 g/mol. The summed E-state index contributed by atoms with van der Waals surface area (Å²) in [6.07, 6.45) is 11.7. The van der Waals surface area contributed by atoms with Gasteiger partial charge in [-0.05, 0) is 61.9 Å². The van der Waals surface area contributed by atoms with Crippen molar-refractivity contribution in [1.29, 1.82) is 0 Å². The highest BCUT2D eigenvalue weighted by Gasteiger charge is 2.51. The molecule has 0 aromatic heterocycles. The summed E-state index contributed by atoms with van der Waals surface area (Å²) in [6, 6.07) is 0. The SMILES string of the molecule is CC=C(C=NCC)C=C(CC)C1CCC(C)(C)C1(C)CC. The van der Waals surface area contributed by atoms with E-state index in [1.165, 1.54) is 24.8 Å². The van der Waals surface area contributed by atoms with Crippen molar-refractivity contribution >= 4 is 6.21 Å². The molecule has 1 saturated carbocycles. The highest BCUT2D eigenvalue weighted by Crippen LogP contribution is 2.60. The van der Waals surface area contributed by atoms with Gasteiger partial charge in [0.1, 0.15) is 0 Å². The molecule has 1 heteroatoms. The molecule has 0 aliphatic heterocycles. The minimum atomic E-state index is 0.412. The zero-order valence-corrected chi connectivity index (χ0v) is 15.3. The Morgan fingerprint density at radius 3 is 2.33 bits per heavy atom. The number of hydrogen-bond acceptors (Lipinski definition) is 1. The molecule has 1 aliphatic carbocycles. The van der Waals surface area contributed by atoms with E-state index in [0.717, 1.165) is 13.0 Å². The van der Waals surface area contributed by atoms with E-state index in [4.69, 9.17) is 0 Å². The first-order chi connectivity index (χ1) is 9.86. The van der Waals surface area contributed by atoms with Crippen molar-refractivity contribution in [3.05, 3.63) is 23.3 Å². The molecule has 0 saturated heterocycles. The van der Waals surface area contributed by atoms with Crippen LogP contribution in [0.25, 0.3) is 0 Å². The Kier molecular flexibility index (Phi) is 6.43. The van der Waals surface area contributed by atoms with Crippen LogP contribution in [0.3, 0.4) is 0 Å². The van der Waals surface area contributed by atoms with Gasteiger partial charge in [-0.2, -0.15) is 0 Å². The van der Waals surface area contributed by atoms with Crippen LogP contribution < -0.4 is 0 Å². The maximum Gasteiger partial charge on any atom is 0.0361 e. The predicted octanol–water partition coefficient (Wildman–Crippen LogP) is 6.21. The Labute approximate surface area is 132 Å². The number of rotatable bonds is 6. The van der Waals surface area contributed by atoms with E-state index in [1.54, 1.807) is 5.57 Å². The van der Waals surface area contributed by atoms with Crippen molar-refractivity contribution in [2.45, 2.75) is 74.1 Å². The first kappa shape index (κ1) is 18.2. The second-order valence-corrected chi connectivity index (χ2v) is 7.24. The van der Waals surface area contributed by atoms with Crippen LogP contribution in [0.2, 0.25) is 0 Å².